The van der Waals surface area contributed by atoms with E-state index in [-0.39, 0.29) is 0 Å². The van der Waals surface area contributed by atoms with E-state index in [0.29, 0.717) is 11.5 Å². The van der Waals surface area contributed by atoms with Crippen LogP contribution in [0.15, 0.2) is 43.0 Å². The van der Waals surface area contributed by atoms with Gasteiger partial charge in [-0.3, -0.25) is 10.1 Å². The summed E-state index contributed by atoms with van der Waals surface area (Å²) < 4.78 is 0. The Hall–Kier alpha value is -4.05. The Bertz CT molecular complexity index is 1480. The molecule has 0 radical (unpaired) electrons. The minimum absolute atomic E-state index is 0.675. The first kappa shape index (κ1) is 20.5. The van der Waals surface area contributed by atoms with Crippen LogP contribution in [0, 0.1) is 0 Å². The molecule has 6 rings (SSSR count). The molecule has 10 nitrogen and oxygen atoms in total. The average Bonchev–Trinajstić information content (AvgIpc) is 3.48. The minimum Gasteiger partial charge on any atom is -0.376 e. The van der Waals surface area contributed by atoms with Gasteiger partial charge in [0.15, 0.2) is 17.1 Å². The third-order valence-electron chi connectivity index (χ3n) is 6.42. The van der Waals surface area contributed by atoms with Crippen molar-refractivity contribution in [3.8, 4) is 22.6 Å². The number of piperazine rings is 1. The van der Waals surface area contributed by atoms with Crippen molar-refractivity contribution in [3.63, 3.8) is 0 Å². The highest BCUT2D eigenvalue weighted by atomic mass is 15.3. The van der Waals surface area contributed by atoms with Gasteiger partial charge in [-0.2, -0.15) is 5.10 Å². The SMILES string of the molecule is CN1CCN(c2ccnc3[nH]c(-c4n[nH]c5ncc(-c6cncc(N(C)C)c6)cc45)nc23)CC1. The standard InChI is InChI=1S/C24H26N10/c1-32(2)17-10-15(12-25-14-17)16-11-18-20(30-31-22(18)27-13-16)24-28-21-19(4-5-26-23(21)29-24)34-8-6-33(3)7-9-34/h4-5,10-14H,6-9H2,1-3H3,(H,26,28,29)(H,27,30,31). The molecule has 0 aromatic carbocycles. The lowest BCUT2D eigenvalue weighted by Crippen LogP contribution is -2.44. The van der Waals surface area contributed by atoms with E-state index in [1.54, 1.807) is 0 Å². The fourth-order valence-corrected chi connectivity index (χ4v) is 4.38. The summed E-state index contributed by atoms with van der Waals surface area (Å²) in [6.45, 7) is 4.00. The van der Waals surface area contributed by atoms with Crippen molar-refractivity contribution in [2.24, 2.45) is 0 Å². The Kier molecular flexibility index (Phi) is 4.88. The lowest BCUT2D eigenvalue weighted by atomic mass is 10.1. The molecular formula is C24H26N10. The Morgan fingerprint density at radius 1 is 0.941 bits per heavy atom. The number of likely N-dealkylation sites (N-methyl/N-ethyl adjacent to an activating group) is 1. The maximum Gasteiger partial charge on any atom is 0.161 e. The Morgan fingerprint density at radius 3 is 2.59 bits per heavy atom. The van der Waals surface area contributed by atoms with Crippen LogP contribution in [0.4, 0.5) is 11.4 Å². The van der Waals surface area contributed by atoms with Gasteiger partial charge in [-0.05, 0) is 25.2 Å². The van der Waals surface area contributed by atoms with E-state index < -0.39 is 0 Å². The molecule has 0 saturated carbocycles. The van der Waals surface area contributed by atoms with E-state index in [9.17, 15) is 0 Å². The maximum atomic E-state index is 4.94. The van der Waals surface area contributed by atoms with Crippen molar-refractivity contribution in [1.82, 2.24) is 40.0 Å². The number of pyridine rings is 3. The van der Waals surface area contributed by atoms with Gasteiger partial charge >= 0.3 is 0 Å². The number of imidazole rings is 1. The molecule has 2 N–H and O–H groups in total. The summed E-state index contributed by atoms with van der Waals surface area (Å²) in [6, 6.07) is 6.23. The quantitative estimate of drug-likeness (QED) is 0.427. The zero-order chi connectivity index (χ0) is 23.2. The first-order chi connectivity index (χ1) is 16.6. The van der Waals surface area contributed by atoms with Crippen molar-refractivity contribution in [2.45, 2.75) is 0 Å². The van der Waals surface area contributed by atoms with Gasteiger partial charge in [-0.1, -0.05) is 0 Å². The molecule has 0 unspecified atom stereocenters. The average molecular weight is 455 g/mol. The molecule has 5 aromatic rings. The predicted octanol–water partition coefficient (Wildman–Crippen LogP) is 2.78. The number of nitrogens with zero attached hydrogens (tertiary/aromatic N) is 8. The number of rotatable bonds is 4. The van der Waals surface area contributed by atoms with Crippen LogP contribution in [0.5, 0.6) is 0 Å². The van der Waals surface area contributed by atoms with Gasteiger partial charge in [0.05, 0.1) is 23.0 Å². The Balaban J connectivity index is 1.42. The van der Waals surface area contributed by atoms with E-state index >= 15 is 0 Å². The second-order valence-corrected chi connectivity index (χ2v) is 8.92. The summed E-state index contributed by atoms with van der Waals surface area (Å²) in [7, 11) is 6.16. The Labute approximate surface area is 196 Å². The number of nitrogens with one attached hydrogen (secondary N) is 2. The summed E-state index contributed by atoms with van der Waals surface area (Å²) in [4.78, 5) is 28.6. The number of H-pyrrole nitrogens is 2. The molecule has 5 aromatic heterocycles. The molecule has 0 spiro atoms. The van der Waals surface area contributed by atoms with Crippen molar-refractivity contribution in [1.29, 1.82) is 0 Å². The fraction of sp³-hybridized carbons (Fsp3) is 0.292. The first-order valence-corrected chi connectivity index (χ1v) is 11.3. The number of aromatic amines is 2. The van der Waals surface area contributed by atoms with Crippen molar-refractivity contribution >= 4 is 33.6 Å². The van der Waals surface area contributed by atoms with E-state index in [2.05, 4.69) is 59.1 Å². The van der Waals surface area contributed by atoms with E-state index in [1.807, 2.05) is 49.8 Å². The third kappa shape index (κ3) is 3.52. The van der Waals surface area contributed by atoms with Crippen LogP contribution in [0.3, 0.4) is 0 Å². The van der Waals surface area contributed by atoms with E-state index in [1.165, 1.54) is 0 Å². The molecule has 0 amide bonds. The third-order valence-corrected chi connectivity index (χ3v) is 6.42. The number of aromatic nitrogens is 7. The highest BCUT2D eigenvalue weighted by molar-refractivity contribution is 5.95. The summed E-state index contributed by atoms with van der Waals surface area (Å²) in [6.07, 6.45) is 7.37. The molecular weight excluding hydrogens is 428 g/mol. The molecule has 10 heteroatoms. The molecule has 1 saturated heterocycles. The molecule has 1 aliphatic rings. The number of anilines is 2. The van der Waals surface area contributed by atoms with Crippen LogP contribution in [0.1, 0.15) is 0 Å². The largest absolute Gasteiger partial charge is 0.376 e. The van der Waals surface area contributed by atoms with E-state index in [0.717, 1.165) is 70.9 Å². The maximum absolute atomic E-state index is 4.94. The zero-order valence-electron chi connectivity index (χ0n) is 19.4. The van der Waals surface area contributed by atoms with Crippen LogP contribution in [0.2, 0.25) is 0 Å². The Morgan fingerprint density at radius 2 is 1.76 bits per heavy atom. The summed E-state index contributed by atoms with van der Waals surface area (Å²) in [5.41, 5.74) is 7.16. The van der Waals surface area contributed by atoms with Crippen LogP contribution >= 0.6 is 0 Å². The van der Waals surface area contributed by atoms with Gasteiger partial charge in [0.25, 0.3) is 0 Å². The highest BCUT2D eigenvalue weighted by Gasteiger charge is 2.21. The molecule has 34 heavy (non-hydrogen) atoms. The van der Waals surface area contributed by atoms with E-state index in [4.69, 9.17) is 4.98 Å². The smallest absolute Gasteiger partial charge is 0.161 e. The van der Waals surface area contributed by atoms with Gasteiger partial charge in [0.2, 0.25) is 0 Å². The van der Waals surface area contributed by atoms with Gasteiger partial charge < -0.3 is 19.7 Å². The molecule has 172 valence electrons. The van der Waals surface area contributed by atoms with Gasteiger partial charge in [-0.25, -0.2) is 15.0 Å². The minimum atomic E-state index is 0.675. The normalized spacial score (nSPS) is 14.9. The number of hydrogen-bond donors (Lipinski definition) is 2. The fourth-order valence-electron chi connectivity index (χ4n) is 4.38. The molecule has 0 atom stereocenters. The monoisotopic (exact) mass is 454 g/mol. The summed E-state index contributed by atoms with van der Waals surface area (Å²) in [5, 5.41) is 8.48. The number of hydrogen-bond acceptors (Lipinski definition) is 8. The predicted molar refractivity (Wildman–Crippen MR) is 134 cm³/mol. The molecule has 1 fully saturated rings. The summed E-state index contributed by atoms with van der Waals surface area (Å²) in [5.74, 6) is 0.675. The van der Waals surface area contributed by atoms with Crippen molar-refractivity contribution in [3.05, 3.63) is 43.0 Å². The van der Waals surface area contributed by atoms with Gasteiger partial charge in [0, 0.05) is 70.0 Å². The lowest BCUT2D eigenvalue weighted by molar-refractivity contribution is 0.313. The molecule has 1 aliphatic heterocycles. The second-order valence-electron chi connectivity index (χ2n) is 8.92. The summed E-state index contributed by atoms with van der Waals surface area (Å²) >= 11 is 0. The molecule has 0 bridgehead atoms. The molecule has 0 aliphatic carbocycles. The first-order valence-electron chi connectivity index (χ1n) is 11.3. The number of fused-ring (bicyclic) bond motifs is 2. The zero-order valence-corrected chi connectivity index (χ0v) is 19.4. The highest BCUT2D eigenvalue weighted by Crippen LogP contribution is 2.32. The van der Waals surface area contributed by atoms with Crippen molar-refractivity contribution in [2.75, 3.05) is 57.1 Å². The van der Waals surface area contributed by atoms with Crippen LogP contribution in [-0.4, -0.2) is 87.3 Å². The van der Waals surface area contributed by atoms with Crippen LogP contribution < -0.4 is 9.80 Å². The van der Waals surface area contributed by atoms with Crippen LogP contribution in [0.25, 0.3) is 44.8 Å². The topological polar surface area (TPSA) is 106 Å². The van der Waals surface area contributed by atoms with Crippen molar-refractivity contribution < 1.29 is 0 Å². The van der Waals surface area contributed by atoms with Gasteiger partial charge in [0.1, 0.15) is 11.2 Å². The molecule has 6 heterocycles. The van der Waals surface area contributed by atoms with Crippen LogP contribution in [-0.2, 0) is 0 Å². The lowest BCUT2D eigenvalue weighted by Gasteiger charge is -2.33. The second kappa shape index (κ2) is 8.07. The van der Waals surface area contributed by atoms with Gasteiger partial charge in [-0.15, -0.1) is 0 Å².